The zero-order valence-corrected chi connectivity index (χ0v) is 18.8. The average Bonchev–Trinajstić information content (AvgIpc) is 3.23. The van der Waals surface area contributed by atoms with Crippen molar-refractivity contribution in [1.29, 1.82) is 0 Å². The second kappa shape index (κ2) is 11.9. The second-order valence-electron chi connectivity index (χ2n) is 5.99. The highest BCUT2D eigenvalue weighted by Gasteiger charge is 2.04. The second-order valence-corrected chi connectivity index (χ2v) is 5.99. The molecule has 0 saturated heterocycles. The molecular weight excluding hydrogens is 481 g/mol. The van der Waals surface area contributed by atoms with Crippen molar-refractivity contribution in [2.24, 2.45) is 4.99 Å². The SMILES string of the molecule is CN=C(NCCOc1ccc(OC)cc1)NCc1ncc(-c2ccccc2)[nH]1.I. The number of methoxy groups -OCH3 is 1. The number of aromatic amines is 1. The summed E-state index contributed by atoms with van der Waals surface area (Å²) in [5, 5.41) is 6.46. The van der Waals surface area contributed by atoms with Gasteiger partial charge in [0.15, 0.2) is 5.96 Å². The van der Waals surface area contributed by atoms with Crippen molar-refractivity contribution in [2.75, 3.05) is 27.3 Å². The number of benzene rings is 2. The van der Waals surface area contributed by atoms with Gasteiger partial charge in [-0.05, 0) is 29.8 Å². The predicted molar refractivity (Wildman–Crippen MR) is 126 cm³/mol. The van der Waals surface area contributed by atoms with Crippen LogP contribution in [0.2, 0.25) is 0 Å². The molecular formula is C21H26IN5O2. The van der Waals surface area contributed by atoms with Crippen molar-refractivity contribution in [3.8, 4) is 22.8 Å². The van der Waals surface area contributed by atoms with E-state index in [2.05, 4.69) is 25.6 Å². The van der Waals surface area contributed by atoms with E-state index < -0.39 is 0 Å². The first-order chi connectivity index (χ1) is 13.8. The van der Waals surface area contributed by atoms with Crippen molar-refractivity contribution >= 4 is 29.9 Å². The topological polar surface area (TPSA) is 83.6 Å². The summed E-state index contributed by atoms with van der Waals surface area (Å²) in [4.78, 5) is 11.9. The van der Waals surface area contributed by atoms with E-state index >= 15 is 0 Å². The number of guanidine groups is 1. The molecule has 0 aliphatic heterocycles. The van der Waals surface area contributed by atoms with Gasteiger partial charge in [-0.3, -0.25) is 4.99 Å². The van der Waals surface area contributed by atoms with E-state index in [-0.39, 0.29) is 24.0 Å². The Balaban J connectivity index is 0.00000300. The van der Waals surface area contributed by atoms with Gasteiger partial charge in [-0.15, -0.1) is 24.0 Å². The molecule has 0 aliphatic rings. The molecule has 0 spiro atoms. The number of hydrogen-bond donors (Lipinski definition) is 3. The molecule has 1 heterocycles. The van der Waals surface area contributed by atoms with Crippen molar-refractivity contribution in [3.63, 3.8) is 0 Å². The van der Waals surface area contributed by atoms with Crippen molar-refractivity contribution < 1.29 is 9.47 Å². The Morgan fingerprint density at radius 3 is 2.45 bits per heavy atom. The summed E-state index contributed by atoms with van der Waals surface area (Å²) in [5.41, 5.74) is 2.10. The van der Waals surface area contributed by atoms with Crippen LogP contribution < -0.4 is 20.1 Å². The fourth-order valence-electron chi connectivity index (χ4n) is 2.62. The minimum Gasteiger partial charge on any atom is -0.497 e. The van der Waals surface area contributed by atoms with Crippen LogP contribution in [0, 0.1) is 0 Å². The maximum Gasteiger partial charge on any atom is 0.191 e. The molecule has 3 N–H and O–H groups in total. The molecule has 154 valence electrons. The number of aromatic nitrogens is 2. The Bertz CT molecular complexity index is 882. The van der Waals surface area contributed by atoms with Gasteiger partial charge in [0, 0.05) is 7.05 Å². The summed E-state index contributed by atoms with van der Waals surface area (Å²) in [6, 6.07) is 17.6. The molecule has 0 amide bonds. The molecule has 0 fully saturated rings. The van der Waals surface area contributed by atoms with Crippen LogP contribution in [0.3, 0.4) is 0 Å². The smallest absolute Gasteiger partial charge is 0.191 e. The molecule has 3 aromatic rings. The van der Waals surface area contributed by atoms with E-state index in [1.807, 2.05) is 60.8 Å². The first-order valence-corrected chi connectivity index (χ1v) is 9.09. The fraction of sp³-hybridized carbons (Fsp3) is 0.238. The maximum absolute atomic E-state index is 5.70. The first kappa shape index (κ1) is 22.5. The molecule has 2 aromatic carbocycles. The van der Waals surface area contributed by atoms with E-state index in [1.54, 1.807) is 14.2 Å². The van der Waals surface area contributed by atoms with Crippen LogP contribution in [0.5, 0.6) is 11.5 Å². The lowest BCUT2D eigenvalue weighted by atomic mass is 10.2. The van der Waals surface area contributed by atoms with E-state index in [0.717, 1.165) is 28.6 Å². The van der Waals surface area contributed by atoms with Gasteiger partial charge in [0.2, 0.25) is 0 Å². The Morgan fingerprint density at radius 1 is 1.03 bits per heavy atom. The molecule has 0 aliphatic carbocycles. The minimum absolute atomic E-state index is 0. The van der Waals surface area contributed by atoms with Crippen LogP contribution in [0.1, 0.15) is 5.82 Å². The third-order valence-electron chi connectivity index (χ3n) is 4.08. The summed E-state index contributed by atoms with van der Waals surface area (Å²) in [6.07, 6.45) is 1.84. The summed E-state index contributed by atoms with van der Waals surface area (Å²) in [6.45, 7) is 1.69. The largest absolute Gasteiger partial charge is 0.497 e. The molecule has 7 nitrogen and oxygen atoms in total. The summed E-state index contributed by atoms with van der Waals surface area (Å²) < 4.78 is 10.8. The third kappa shape index (κ3) is 6.97. The predicted octanol–water partition coefficient (Wildman–Crippen LogP) is 3.45. The van der Waals surface area contributed by atoms with Gasteiger partial charge >= 0.3 is 0 Å². The standard InChI is InChI=1S/C21H25N5O2.HI/c1-22-21(23-12-13-28-18-10-8-17(27-2)9-11-18)25-15-20-24-14-19(26-20)16-6-4-3-5-7-16;/h3-11,14H,12-13,15H2,1-2H3,(H,24,26)(H2,22,23,25);1H. The number of aliphatic imine (C=N–C) groups is 1. The molecule has 0 bridgehead atoms. The number of halogens is 1. The lowest BCUT2D eigenvalue weighted by Crippen LogP contribution is -2.39. The Labute approximate surface area is 188 Å². The molecule has 0 atom stereocenters. The molecule has 0 saturated carbocycles. The van der Waals surface area contributed by atoms with Gasteiger partial charge in [0.1, 0.15) is 23.9 Å². The van der Waals surface area contributed by atoms with Gasteiger partial charge < -0.3 is 25.1 Å². The highest BCUT2D eigenvalue weighted by molar-refractivity contribution is 14.0. The number of nitrogens with zero attached hydrogens (tertiary/aromatic N) is 2. The molecule has 0 radical (unpaired) electrons. The monoisotopic (exact) mass is 507 g/mol. The minimum atomic E-state index is 0. The zero-order valence-electron chi connectivity index (χ0n) is 16.5. The highest BCUT2D eigenvalue weighted by Crippen LogP contribution is 2.17. The number of nitrogens with one attached hydrogen (secondary N) is 3. The number of ether oxygens (including phenoxy) is 2. The van der Waals surface area contributed by atoms with Crippen LogP contribution >= 0.6 is 24.0 Å². The highest BCUT2D eigenvalue weighted by atomic mass is 127. The third-order valence-corrected chi connectivity index (χ3v) is 4.08. The van der Waals surface area contributed by atoms with E-state index in [1.165, 1.54) is 0 Å². The van der Waals surface area contributed by atoms with Gasteiger partial charge in [-0.25, -0.2) is 4.98 Å². The molecule has 3 rings (SSSR count). The van der Waals surface area contributed by atoms with Gasteiger partial charge in [0.25, 0.3) is 0 Å². The number of H-pyrrole nitrogens is 1. The molecule has 1 aromatic heterocycles. The average molecular weight is 507 g/mol. The molecule has 0 unspecified atom stereocenters. The summed E-state index contributed by atoms with van der Waals surface area (Å²) in [5.74, 6) is 3.14. The normalized spacial score (nSPS) is 10.8. The number of hydrogen-bond acceptors (Lipinski definition) is 4. The molecule has 29 heavy (non-hydrogen) atoms. The van der Waals surface area contributed by atoms with E-state index in [0.29, 0.717) is 25.7 Å². The summed E-state index contributed by atoms with van der Waals surface area (Å²) >= 11 is 0. The van der Waals surface area contributed by atoms with Crippen LogP contribution in [0.25, 0.3) is 11.3 Å². The fourth-order valence-corrected chi connectivity index (χ4v) is 2.62. The van der Waals surface area contributed by atoms with Crippen LogP contribution in [0.4, 0.5) is 0 Å². The van der Waals surface area contributed by atoms with Crippen LogP contribution in [0.15, 0.2) is 65.8 Å². The van der Waals surface area contributed by atoms with Crippen molar-refractivity contribution in [1.82, 2.24) is 20.6 Å². The van der Waals surface area contributed by atoms with Crippen molar-refractivity contribution in [2.45, 2.75) is 6.54 Å². The Kier molecular flexibility index (Phi) is 9.29. The molecule has 8 heteroatoms. The lowest BCUT2D eigenvalue weighted by Gasteiger charge is -2.12. The van der Waals surface area contributed by atoms with E-state index in [4.69, 9.17) is 9.47 Å². The number of imidazole rings is 1. The number of rotatable bonds is 8. The Morgan fingerprint density at radius 2 is 1.76 bits per heavy atom. The first-order valence-electron chi connectivity index (χ1n) is 9.09. The van der Waals surface area contributed by atoms with Crippen molar-refractivity contribution in [3.05, 3.63) is 66.6 Å². The van der Waals surface area contributed by atoms with Gasteiger partial charge in [-0.1, -0.05) is 30.3 Å². The van der Waals surface area contributed by atoms with E-state index in [9.17, 15) is 0 Å². The van der Waals surface area contributed by atoms with Crippen LogP contribution in [-0.2, 0) is 6.54 Å². The van der Waals surface area contributed by atoms with Gasteiger partial charge in [-0.2, -0.15) is 0 Å². The summed E-state index contributed by atoms with van der Waals surface area (Å²) in [7, 11) is 3.38. The van der Waals surface area contributed by atoms with Crippen LogP contribution in [-0.4, -0.2) is 43.2 Å². The Hall–Kier alpha value is -2.75. The maximum atomic E-state index is 5.70. The zero-order chi connectivity index (χ0) is 19.6. The quantitative estimate of drug-likeness (QED) is 0.188. The lowest BCUT2D eigenvalue weighted by molar-refractivity contribution is 0.321. The van der Waals surface area contributed by atoms with Gasteiger partial charge in [0.05, 0.1) is 32.1 Å².